The van der Waals surface area contributed by atoms with E-state index in [1.807, 2.05) is 0 Å². The zero-order valence-corrected chi connectivity index (χ0v) is 7.04. The Hall–Kier alpha value is 0.934. The zero-order chi connectivity index (χ0) is 4.12. The summed E-state index contributed by atoms with van der Waals surface area (Å²) in [6, 6.07) is 0. The van der Waals surface area contributed by atoms with Gasteiger partial charge in [0.25, 0.3) is 0 Å². The van der Waals surface area contributed by atoms with Crippen molar-refractivity contribution in [3.8, 4) is 0 Å². The van der Waals surface area contributed by atoms with Crippen LogP contribution in [0.2, 0.25) is 0 Å². The van der Waals surface area contributed by atoms with E-state index >= 15 is 0 Å². The van der Waals surface area contributed by atoms with Crippen molar-refractivity contribution < 1.29 is 37.4 Å². The van der Waals surface area contributed by atoms with Crippen LogP contribution in [0.3, 0.4) is 0 Å². The van der Waals surface area contributed by atoms with Gasteiger partial charge in [0.15, 0.2) is 0 Å². The first-order chi connectivity index (χ1) is 2.41. The van der Waals surface area contributed by atoms with Crippen molar-refractivity contribution in [1.82, 2.24) is 0 Å². The first-order valence-electron chi connectivity index (χ1n) is 1.12. The average molecular weight is 180 g/mol. The third kappa shape index (κ3) is 8.87. The van der Waals surface area contributed by atoms with Crippen LogP contribution in [-0.2, 0) is 37.4 Å². The minimum Gasteiger partial charge on any atom is -0.694 e. The van der Waals surface area contributed by atoms with E-state index in [4.69, 9.17) is 11.6 Å². The number of halogens is 1. The van der Waals surface area contributed by atoms with Crippen LogP contribution in [0.15, 0.2) is 5.54 Å². The zero-order valence-electron chi connectivity index (χ0n) is 3.44. The van der Waals surface area contributed by atoms with Crippen LogP contribution >= 0.6 is 11.6 Å². The van der Waals surface area contributed by atoms with Gasteiger partial charge in [0.05, 0.1) is 0 Å². The molecular weight excluding hydrogens is 176 g/mol. The third-order valence-electron chi connectivity index (χ3n) is 0.162. The molecule has 0 aromatic rings. The monoisotopic (exact) mass is 180 g/mol. The molecule has 33 valence electrons. The van der Waals surface area contributed by atoms with Crippen molar-refractivity contribution in [2.75, 3.05) is 7.11 Å². The Morgan fingerprint density at radius 3 is 2.33 bits per heavy atom. The van der Waals surface area contributed by atoms with Crippen molar-refractivity contribution in [2.24, 2.45) is 0 Å². The third-order valence-corrected chi connectivity index (χ3v) is 0.251. The Balaban J connectivity index is 0. The molecule has 0 fully saturated rings. The van der Waals surface area contributed by atoms with E-state index in [1.165, 1.54) is 12.6 Å². The minimum absolute atomic E-state index is 0. The van der Waals surface area contributed by atoms with Crippen LogP contribution in [0.1, 0.15) is 0 Å². The van der Waals surface area contributed by atoms with Gasteiger partial charge in [-0.3, -0.25) is 6.26 Å². The van der Waals surface area contributed by atoms with Crippen LogP contribution in [0, 0.1) is 6.26 Å². The van der Waals surface area contributed by atoms with Gasteiger partial charge in [-0.15, -0.1) is 17.1 Å². The van der Waals surface area contributed by atoms with E-state index in [0.717, 1.165) is 0 Å². The maximum Gasteiger partial charge on any atom is 0.0336 e. The molecule has 1 radical (unpaired) electrons. The fraction of sp³-hybridized carbons (Fsp3) is 0.333. The van der Waals surface area contributed by atoms with E-state index < -0.39 is 0 Å². The smallest absolute Gasteiger partial charge is 0.0336 e. The second-order valence-corrected chi connectivity index (χ2v) is 0.649. The first-order valence-corrected chi connectivity index (χ1v) is 1.56. The molecule has 0 bridgehead atoms. The molecule has 0 atom stereocenters. The van der Waals surface area contributed by atoms with Crippen LogP contribution in [0.25, 0.3) is 0 Å². The molecule has 0 aliphatic carbocycles. The van der Waals surface area contributed by atoms with Gasteiger partial charge in [-0.25, -0.2) is 0 Å². The molecule has 0 amide bonds. The second kappa shape index (κ2) is 9.33. The van der Waals surface area contributed by atoms with E-state index in [2.05, 4.69) is 11.0 Å². The number of rotatable bonds is 1. The molecule has 0 aliphatic rings. The van der Waals surface area contributed by atoms with Gasteiger partial charge in [0, 0.05) is 39.8 Å². The quantitative estimate of drug-likeness (QED) is 0.434. The van der Waals surface area contributed by atoms with Crippen molar-refractivity contribution in [3.63, 3.8) is 0 Å². The number of ether oxygens (including phenoxy) is 1. The standard InChI is InChI=1S/C3H4ClO.Y/c1-5-3-2-4;/h2H,1H3;/q-1;. The molecule has 0 aromatic heterocycles. The van der Waals surface area contributed by atoms with Crippen molar-refractivity contribution in [2.45, 2.75) is 0 Å². The summed E-state index contributed by atoms with van der Waals surface area (Å²) in [7, 11) is 1.48. The predicted octanol–water partition coefficient (Wildman–Crippen LogP) is 1.14. The molecule has 0 N–H and O–H groups in total. The molecule has 1 nitrogen and oxygen atoms in total. The van der Waals surface area contributed by atoms with Gasteiger partial charge in [-0.2, -0.15) is 0 Å². The van der Waals surface area contributed by atoms with Crippen molar-refractivity contribution in [1.29, 1.82) is 0 Å². The molecule has 3 heteroatoms. The maximum atomic E-state index is 4.94. The fourth-order valence-electron chi connectivity index (χ4n) is 0.0445. The molecule has 6 heavy (non-hydrogen) atoms. The summed E-state index contributed by atoms with van der Waals surface area (Å²) in [5.74, 6) is 0. The summed E-state index contributed by atoms with van der Waals surface area (Å²) in [6.07, 6.45) is 2.25. The van der Waals surface area contributed by atoms with Crippen LogP contribution in [-0.4, -0.2) is 7.11 Å². The molecule has 0 saturated heterocycles. The van der Waals surface area contributed by atoms with Gasteiger partial charge in [-0.1, -0.05) is 0 Å². The summed E-state index contributed by atoms with van der Waals surface area (Å²) < 4.78 is 4.25. The van der Waals surface area contributed by atoms with Gasteiger partial charge in [0.2, 0.25) is 0 Å². The SMILES string of the molecule is CO[C-]=CCl.[Y]. The van der Waals surface area contributed by atoms with Crippen LogP contribution in [0.5, 0.6) is 0 Å². The Morgan fingerprint density at radius 1 is 1.83 bits per heavy atom. The van der Waals surface area contributed by atoms with Crippen LogP contribution in [0.4, 0.5) is 0 Å². The Morgan fingerprint density at radius 2 is 2.33 bits per heavy atom. The molecule has 0 rings (SSSR count). The average Bonchev–Trinajstić information content (AvgIpc) is 1.41. The summed E-state index contributed by atoms with van der Waals surface area (Å²) in [5, 5.41) is 0. The Labute approximate surface area is 67.6 Å². The normalized spacial score (nSPS) is 7.67. The van der Waals surface area contributed by atoms with E-state index in [9.17, 15) is 0 Å². The molecule has 0 heterocycles. The summed E-state index contributed by atoms with van der Waals surface area (Å²) in [5.41, 5.74) is 1.18. The summed E-state index contributed by atoms with van der Waals surface area (Å²) in [6.45, 7) is 0. The molecular formula is C3H4ClOY-. The number of methoxy groups -OCH3 is 1. The summed E-state index contributed by atoms with van der Waals surface area (Å²) >= 11 is 4.94. The topological polar surface area (TPSA) is 9.23 Å². The maximum absolute atomic E-state index is 4.94. The minimum atomic E-state index is 0. The van der Waals surface area contributed by atoms with E-state index in [0.29, 0.717) is 0 Å². The Bertz CT molecular complexity index is 37.8. The number of hydrogen-bond donors (Lipinski definition) is 0. The predicted molar refractivity (Wildman–Crippen MR) is 20.7 cm³/mol. The molecule has 0 unspecified atom stereocenters. The van der Waals surface area contributed by atoms with Crippen LogP contribution < -0.4 is 0 Å². The Kier molecular flexibility index (Phi) is 15.6. The fourth-order valence-corrected chi connectivity index (χ4v) is 0.134. The first kappa shape index (κ1) is 10.0. The van der Waals surface area contributed by atoms with Gasteiger partial charge < -0.3 is 4.74 Å². The van der Waals surface area contributed by atoms with Crippen molar-refractivity contribution >= 4 is 11.6 Å². The largest absolute Gasteiger partial charge is 0.694 e. The van der Waals surface area contributed by atoms with Gasteiger partial charge in [0.1, 0.15) is 0 Å². The molecule has 0 spiro atoms. The van der Waals surface area contributed by atoms with Gasteiger partial charge >= 0.3 is 0 Å². The van der Waals surface area contributed by atoms with Crippen molar-refractivity contribution in [3.05, 3.63) is 11.8 Å². The second-order valence-electron chi connectivity index (χ2n) is 0.431. The van der Waals surface area contributed by atoms with E-state index in [-0.39, 0.29) is 32.7 Å². The van der Waals surface area contributed by atoms with E-state index in [1.54, 1.807) is 0 Å². The molecule has 0 saturated carbocycles. The van der Waals surface area contributed by atoms with Gasteiger partial charge in [-0.05, 0) is 0 Å². The molecule has 0 aliphatic heterocycles. The molecule has 0 aromatic carbocycles. The summed E-state index contributed by atoms with van der Waals surface area (Å²) in [4.78, 5) is 0. The number of hydrogen-bond acceptors (Lipinski definition) is 1.